The molecule has 3 aromatic rings. The average Bonchev–Trinajstić information content (AvgIpc) is 3.03. The molecule has 1 atom stereocenters. The fraction of sp³-hybridized carbons (Fsp3) is 0.214. The number of amides is 1. The Balaban J connectivity index is 1.63. The molecule has 0 unspecified atom stereocenters. The summed E-state index contributed by atoms with van der Waals surface area (Å²) < 4.78 is 0. The van der Waals surface area contributed by atoms with Crippen LogP contribution < -0.4 is 5.32 Å². The van der Waals surface area contributed by atoms with Gasteiger partial charge in [0, 0.05) is 6.20 Å². The van der Waals surface area contributed by atoms with E-state index >= 15 is 0 Å². The first-order valence-electron chi connectivity index (χ1n) is 6.72. The Hall–Kier alpha value is -2.48. The Morgan fingerprint density at radius 2 is 2.23 bits per heavy atom. The summed E-state index contributed by atoms with van der Waals surface area (Å²) in [6.07, 6.45) is 4.72. The number of fused-ring (bicyclic) bond motifs is 1. The fourth-order valence-electron chi connectivity index (χ4n) is 1.88. The molecule has 7 nitrogen and oxygen atoms in total. The Kier molecular flexibility index (Phi) is 4.29. The number of H-pyrrole nitrogens is 1. The number of carbonyl (C=O) groups excluding carboxylic acids is 1. The van der Waals surface area contributed by atoms with Crippen LogP contribution in [0.4, 0.5) is 0 Å². The highest BCUT2D eigenvalue weighted by atomic mass is 32.2. The summed E-state index contributed by atoms with van der Waals surface area (Å²) >= 11 is 1.37. The zero-order valence-electron chi connectivity index (χ0n) is 11.9. The second-order valence-corrected chi connectivity index (χ2v) is 5.91. The smallest absolute Gasteiger partial charge is 0.233 e. The van der Waals surface area contributed by atoms with Crippen LogP contribution in [0.25, 0.3) is 11.2 Å². The van der Waals surface area contributed by atoms with Crippen LogP contribution in [0.2, 0.25) is 0 Å². The molecule has 3 aromatic heterocycles. The number of imidazole rings is 1. The van der Waals surface area contributed by atoms with Gasteiger partial charge in [-0.15, -0.1) is 0 Å². The highest BCUT2D eigenvalue weighted by molar-refractivity contribution is 8.00. The predicted octanol–water partition coefficient (Wildman–Crippen LogP) is 1.54. The summed E-state index contributed by atoms with van der Waals surface area (Å²) in [4.78, 5) is 31.7. The molecular formula is C14H14N6OS. The van der Waals surface area contributed by atoms with Gasteiger partial charge in [-0.3, -0.25) is 9.78 Å². The van der Waals surface area contributed by atoms with Crippen LogP contribution >= 0.6 is 11.8 Å². The summed E-state index contributed by atoms with van der Waals surface area (Å²) in [5, 5.41) is 3.29. The van der Waals surface area contributed by atoms with E-state index in [4.69, 9.17) is 0 Å². The van der Waals surface area contributed by atoms with Gasteiger partial charge in [-0.05, 0) is 19.1 Å². The second kappa shape index (κ2) is 6.52. The van der Waals surface area contributed by atoms with Gasteiger partial charge < -0.3 is 10.3 Å². The highest BCUT2D eigenvalue weighted by Gasteiger charge is 2.17. The summed E-state index contributed by atoms with van der Waals surface area (Å²) in [5.74, 6) is -0.0677. The van der Waals surface area contributed by atoms with Crippen molar-refractivity contribution < 1.29 is 4.79 Å². The lowest BCUT2D eigenvalue weighted by Crippen LogP contribution is -2.30. The summed E-state index contributed by atoms with van der Waals surface area (Å²) in [6.45, 7) is 2.25. The van der Waals surface area contributed by atoms with Crippen molar-refractivity contribution in [3.05, 3.63) is 42.7 Å². The number of pyridine rings is 1. The average molecular weight is 314 g/mol. The molecule has 0 aromatic carbocycles. The van der Waals surface area contributed by atoms with Crippen molar-refractivity contribution in [1.82, 2.24) is 30.2 Å². The molecule has 3 rings (SSSR count). The van der Waals surface area contributed by atoms with Crippen molar-refractivity contribution >= 4 is 28.8 Å². The molecule has 2 N–H and O–H groups in total. The lowest BCUT2D eigenvalue weighted by atomic mass is 10.3. The third kappa shape index (κ3) is 3.22. The minimum Gasteiger partial charge on any atom is -0.349 e. The third-order valence-corrected chi connectivity index (χ3v) is 4.12. The lowest BCUT2D eigenvalue weighted by Gasteiger charge is -2.11. The number of aromatic amines is 1. The van der Waals surface area contributed by atoms with E-state index in [1.807, 2.05) is 25.1 Å². The van der Waals surface area contributed by atoms with Crippen molar-refractivity contribution in [3.8, 4) is 0 Å². The van der Waals surface area contributed by atoms with Crippen LogP contribution in [0.15, 0.2) is 42.1 Å². The van der Waals surface area contributed by atoms with Crippen LogP contribution in [0.1, 0.15) is 12.6 Å². The first kappa shape index (κ1) is 14.5. The van der Waals surface area contributed by atoms with Crippen molar-refractivity contribution in [3.63, 3.8) is 0 Å². The number of nitrogens with zero attached hydrogens (tertiary/aromatic N) is 4. The minimum absolute atomic E-state index is 0.0677. The van der Waals surface area contributed by atoms with Gasteiger partial charge in [0.05, 0.1) is 23.8 Å². The van der Waals surface area contributed by atoms with E-state index in [9.17, 15) is 4.79 Å². The van der Waals surface area contributed by atoms with Crippen molar-refractivity contribution in [2.45, 2.75) is 23.7 Å². The zero-order valence-corrected chi connectivity index (χ0v) is 12.7. The number of thioether (sulfide) groups is 1. The molecule has 0 bridgehead atoms. The van der Waals surface area contributed by atoms with E-state index in [0.717, 1.165) is 11.2 Å². The standard InChI is InChI=1S/C14H14N6OS/c1-9(13(21)16-6-10-4-2-3-5-15-10)22-14-11-12(18-7-17-11)19-8-20-14/h2-5,7-9H,6H2,1H3,(H,16,21)(H,17,18,19,20)/t9-/m1/s1. The molecule has 3 heterocycles. The topological polar surface area (TPSA) is 96.5 Å². The minimum atomic E-state index is -0.287. The molecule has 0 saturated carbocycles. The van der Waals surface area contributed by atoms with Gasteiger partial charge in [0.1, 0.15) is 16.9 Å². The van der Waals surface area contributed by atoms with Gasteiger partial charge in [0.25, 0.3) is 0 Å². The predicted molar refractivity (Wildman–Crippen MR) is 83.1 cm³/mol. The number of carbonyl (C=O) groups is 1. The number of hydrogen-bond acceptors (Lipinski definition) is 6. The Morgan fingerprint density at radius 1 is 1.32 bits per heavy atom. The van der Waals surface area contributed by atoms with E-state index in [1.165, 1.54) is 18.1 Å². The summed E-state index contributed by atoms with van der Waals surface area (Å²) in [6, 6.07) is 5.60. The number of rotatable bonds is 5. The molecule has 0 radical (unpaired) electrons. The van der Waals surface area contributed by atoms with Crippen molar-refractivity contribution in [2.24, 2.45) is 0 Å². The molecule has 0 aliphatic rings. The number of nitrogens with one attached hydrogen (secondary N) is 2. The maximum absolute atomic E-state index is 12.2. The van der Waals surface area contributed by atoms with Crippen LogP contribution in [0.5, 0.6) is 0 Å². The van der Waals surface area contributed by atoms with Crippen LogP contribution in [0.3, 0.4) is 0 Å². The summed E-state index contributed by atoms with van der Waals surface area (Å²) in [7, 11) is 0. The summed E-state index contributed by atoms with van der Waals surface area (Å²) in [5.41, 5.74) is 2.17. The van der Waals surface area contributed by atoms with E-state index in [1.54, 1.807) is 12.5 Å². The van der Waals surface area contributed by atoms with Crippen molar-refractivity contribution in [1.29, 1.82) is 0 Å². The monoisotopic (exact) mass is 314 g/mol. The van der Waals surface area contributed by atoms with Gasteiger partial charge in [0.15, 0.2) is 5.65 Å². The third-order valence-electron chi connectivity index (χ3n) is 3.02. The van der Waals surface area contributed by atoms with Crippen LogP contribution in [0, 0.1) is 0 Å². The molecular weight excluding hydrogens is 300 g/mol. The number of aromatic nitrogens is 5. The maximum Gasteiger partial charge on any atom is 0.233 e. The first-order valence-corrected chi connectivity index (χ1v) is 7.60. The van der Waals surface area contributed by atoms with Crippen molar-refractivity contribution in [2.75, 3.05) is 0 Å². The molecule has 0 aliphatic heterocycles. The second-order valence-electron chi connectivity index (χ2n) is 4.58. The zero-order chi connectivity index (χ0) is 15.4. The Labute approximate surface area is 131 Å². The van der Waals surface area contributed by atoms with Gasteiger partial charge in [-0.1, -0.05) is 17.8 Å². The molecule has 0 aliphatic carbocycles. The number of hydrogen-bond donors (Lipinski definition) is 2. The van der Waals surface area contributed by atoms with Gasteiger partial charge >= 0.3 is 0 Å². The van der Waals surface area contributed by atoms with Gasteiger partial charge in [-0.25, -0.2) is 15.0 Å². The Morgan fingerprint density at radius 3 is 3.05 bits per heavy atom. The fourth-order valence-corrected chi connectivity index (χ4v) is 2.78. The van der Waals surface area contributed by atoms with Gasteiger partial charge in [0.2, 0.25) is 5.91 Å². The molecule has 1 amide bonds. The normalized spacial score (nSPS) is 12.2. The first-order chi connectivity index (χ1) is 10.7. The highest BCUT2D eigenvalue weighted by Crippen LogP contribution is 2.25. The van der Waals surface area contributed by atoms with E-state index in [-0.39, 0.29) is 11.2 Å². The van der Waals surface area contributed by atoms with Crippen LogP contribution in [-0.2, 0) is 11.3 Å². The molecule has 0 saturated heterocycles. The molecule has 0 spiro atoms. The SMILES string of the molecule is C[C@@H](Sc1ncnc2nc[nH]c12)C(=O)NCc1ccccn1. The van der Waals surface area contributed by atoms with Gasteiger partial charge in [-0.2, -0.15) is 0 Å². The van der Waals surface area contributed by atoms with E-state index < -0.39 is 0 Å². The maximum atomic E-state index is 12.2. The molecule has 112 valence electrons. The van der Waals surface area contributed by atoms with E-state index in [2.05, 4.69) is 30.2 Å². The molecule has 0 fully saturated rings. The van der Waals surface area contributed by atoms with E-state index in [0.29, 0.717) is 17.2 Å². The quantitative estimate of drug-likeness (QED) is 0.548. The molecule has 22 heavy (non-hydrogen) atoms. The largest absolute Gasteiger partial charge is 0.349 e. The lowest BCUT2D eigenvalue weighted by molar-refractivity contribution is -0.120. The van der Waals surface area contributed by atoms with Crippen LogP contribution in [-0.4, -0.2) is 36.1 Å². The molecule has 8 heteroatoms. The Bertz CT molecular complexity index is 775.